The summed E-state index contributed by atoms with van der Waals surface area (Å²) in [7, 11) is 2.93. The van der Waals surface area contributed by atoms with Crippen LogP contribution in [-0.4, -0.2) is 34.8 Å². The second kappa shape index (κ2) is 5.76. The van der Waals surface area contributed by atoms with Crippen LogP contribution in [0.3, 0.4) is 0 Å². The van der Waals surface area contributed by atoms with E-state index in [0.29, 0.717) is 27.3 Å². The van der Waals surface area contributed by atoms with Crippen molar-refractivity contribution in [1.82, 2.24) is 14.6 Å². The highest BCUT2D eigenvalue weighted by atomic mass is 79.9. The van der Waals surface area contributed by atoms with Crippen LogP contribution in [-0.2, 0) is 4.74 Å². The van der Waals surface area contributed by atoms with E-state index < -0.39 is 5.97 Å². The van der Waals surface area contributed by atoms with Crippen LogP contribution in [0.5, 0.6) is 5.75 Å². The minimum atomic E-state index is -0.479. The Balaban J connectivity index is 2.25. The molecule has 1 aromatic carbocycles. The first-order chi connectivity index (χ1) is 10.6. The summed E-state index contributed by atoms with van der Waals surface area (Å²) in [6.45, 7) is 0. The van der Waals surface area contributed by atoms with E-state index in [0.717, 1.165) is 5.56 Å². The van der Waals surface area contributed by atoms with E-state index in [1.165, 1.54) is 11.6 Å². The number of carbonyl (C=O) groups excluding carboxylic acids is 1. The molecule has 6 nitrogen and oxygen atoms in total. The summed E-state index contributed by atoms with van der Waals surface area (Å²) < 4.78 is 12.2. The van der Waals surface area contributed by atoms with Gasteiger partial charge >= 0.3 is 5.97 Å². The molecule has 0 radical (unpaired) electrons. The van der Waals surface area contributed by atoms with Crippen LogP contribution in [0.4, 0.5) is 0 Å². The molecule has 0 saturated heterocycles. The molecule has 0 aliphatic carbocycles. The third kappa shape index (κ3) is 2.43. The molecule has 7 heteroatoms. The monoisotopic (exact) mass is 361 g/mol. The Bertz CT molecular complexity index is 860. The first-order valence-electron chi connectivity index (χ1n) is 6.41. The third-order valence-corrected chi connectivity index (χ3v) is 3.75. The maximum Gasteiger partial charge on any atom is 0.356 e. The largest absolute Gasteiger partial charge is 0.497 e. The molecular formula is C15H12BrN3O3. The van der Waals surface area contributed by atoms with Gasteiger partial charge < -0.3 is 9.47 Å². The lowest BCUT2D eigenvalue weighted by Crippen LogP contribution is -2.10. The molecule has 0 aliphatic heterocycles. The number of hydrogen-bond donors (Lipinski definition) is 0. The molecule has 0 saturated carbocycles. The highest BCUT2D eigenvalue weighted by molar-refractivity contribution is 9.10. The van der Waals surface area contributed by atoms with Gasteiger partial charge in [0.15, 0.2) is 11.3 Å². The van der Waals surface area contributed by atoms with Gasteiger partial charge in [-0.15, -0.1) is 0 Å². The van der Waals surface area contributed by atoms with Crippen molar-refractivity contribution in [2.24, 2.45) is 0 Å². The van der Waals surface area contributed by atoms with Gasteiger partial charge in [-0.1, -0.05) is 12.1 Å². The molecule has 112 valence electrons. The van der Waals surface area contributed by atoms with Gasteiger partial charge in [0.1, 0.15) is 5.75 Å². The Morgan fingerprint density at radius 2 is 2.09 bits per heavy atom. The van der Waals surface area contributed by atoms with Crippen LogP contribution in [0.1, 0.15) is 10.5 Å². The maximum atomic E-state index is 12.0. The van der Waals surface area contributed by atoms with Crippen LogP contribution >= 0.6 is 15.9 Å². The van der Waals surface area contributed by atoms with E-state index in [2.05, 4.69) is 26.0 Å². The molecule has 0 N–H and O–H groups in total. The average Bonchev–Trinajstić information content (AvgIpc) is 2.94. The minimum absolute atomic E-state index is 0.302. The number of rotatable bonds is 3. The number of nitrogens with zero attached hydrogens (tertiary/aromatic N) is 3. The quantitative estimate of drug-likeness (QED) is 0.671. The minimum Gasteiger partial charge on any atom is -0.497 e. The van der Waals surface area contributed by atoms with E-state index in [1.54, 1.807) is 19.4 Å². The summed E-state index contributed by atoms with van der Waals surface area (Å²) in [5.41, 5.74) is 2.31. The van der Waals surface area contributed by atoms with Gasteiger partial charge in [0.2, 0.25) is 0 Å². The molecule has 0 aliphatic rings. The highest BCUT2D eigenvalue weighted by Crippen LogP contribution is 2.26. The molecule has 3 aromatic rings. The zero-order chi connectivity index (χ0) is 15.7. The normalized spacial score (nSPS) is 10.7. The Morgan fingerprint density at radius 3 is 2.82 bits per heavy atom. The number of halogens is 1. The van der Waals surface area contributed by atoms with Crippen LogP contribution in [0.2, 0.25) is 0 Å². The van der Waals surface area contributed by atoms with E-state index in [4.69, 9.17) is 9.47 Å². The second-order valence-electron chi connectivity index (χ2n) is 4.48. The third-order valence-electron chi connectivity index (χ3n) is 3.19. The molecule has 22 heavy (non-hydrogen) atoms. The smallest absolute Gasteiger partial charge is 0.356 e. The van der Waals surface area contributed by atoms with E-state index in [1.807, 2.05) is 24.3 Å². The van der Waals surface area contributed by atoms with Gasteiger partial charge in [-0.05, 0) is 34.1 Å². The Hall–Kier alpha value is -2.41. The summed E-state index contributed by atoms with van der Waals surface area (Å²) in [6.07, 6.45) is 1.59. The first-order valence-corrected chi connectivity index (χ1v) is 7.20. The number of ether oxygens (including phenoxy) is 2. The fourth-order valence-corrected chi connectivity index (χ4v) is 2.46. The van der Waals surface area contributed by atoms with Gasteiger partial charge in [0.05, 0.1) is 30.6 Å². The molecule has 3 rings (SSSR count). The number of esters is 1. The molecule has 0 amide bonds. The number of hydrogen-bond acceptors (Lipinski definition) is 5. The average molecular weight is 362 g/mol. The lowest BCUT2D eigenvalue weighted by molar-refractivity contribution is 0.0590. The SMILES string of the molecule is COC(=O)c1cc(-c2cccc(OC)c2)nc2c(Br)cnn12. The Kier molecular flexibility index (Phi) is 3.81. The second-order valence-corrected chi connectivity index (χ2v) is 5.33. The maximum absolute atomic E-state index is 12.0. The summed E-state index contributed by atoms with van der Waals surface area (Å²) in [4.78, 5) is 16.5. The predicted octanol–water partition coefficient (Wildman–Crippen LogP) is 2.95. The number of benzene rings is 1. The van der Waals surface area contributed by atoms with Crippen molar-refractivity contribution in [3.63, 3.8) is 0 Å². The lowest BCUT2D eigenvalue weighted by Gasteiger charge is -2.08. The number of carbonyl (C=O) groups is 1. The molecule has 0 bridgehead atoms. The van der Waals surface area contributed by atoms with Gasteiger partial charge in [-0.3, -0.25) is 0 Å². The van der Waals surface area contributed by atoms with Crippen LogP contribution in [0.15, 0.2) is 41.0 Å². The summed E-state index contributed by atoms with van der Waals surface area (Å²) >= 11 is 3.38. The summed E-state index contributed by atoms with van der Waals surface area (Å²) in [5, 5.41) is 4.14. The zero-order valence-electron chi connectivity index (χ0n) is 11.9. The van der Waals surface area contributed by atoms with Crippen molar-refractivity contribution in [3.05, 3.63) is 46.7 Å². The first kappa shape index (κ1) is 14.5. The van der Waals surface area contributed by atoms with Gasteiger partial charge in [0.25, 0.3) is 0 Å². The van der Waals surface area contributed by atoms with E-state index in [-0.39, 0.29) is 0 Å². The summed E-state index contributed by atoms with van der Waals surface area (Å²) in [5.74, 6) is 0.235. The fourth-order valence-electron chi connectivity index (χ4n) is 2.12. The van der Waals surface area contributed by atoms with Crippen molar-refractivity contribution in [1.29, 1.82) is 0 Å². The lowest BCUT2D eigenvalue weighted by atomic mass is 10.1. The van der Waals surface area contributed by atoms with Gasteiger partial charge in [-0.25, -0.2) is 14.3 Å². The number of methoxy groups -OCH3 is 2. The molecule has 2 heterocycles. The molecule has 0 unspecified atom stereocenters. The highest BCUT2D eigenvalue weighted by Gasteiger charge is 2.17. The predicted molar refractivity (Wildman–Crippen MR) is 84.0 cm³/mol. The topological polar surface area (TPSA) is 65.7 Å². The zero-order valence-corrected chi connectivity index (χ0v) is 13.5. The molecule has 0 fully saturated rings. The Morgan fingerprint density at radius 1 is 1.27 bits per heavy atom. The molecular weight excluding hydrogens is 350 g/mol. The van der Waals surface area contributed by atoms with Crippen LogP contribution in [0, 0.1) is 0 Å². The van der Waals surface area contributed by atoms with Crippen molar-refractivity contribution in [2.45, 2.75) is 0 Å². The van der Waals surface area contributed by atoms with Crippen molar-refractivity contribution < 1.29 is 14.3 Å². The van der Waals surface area contributed by atoms with Crippen molar-refractivity contribution in [3.8, 4) is 17.0 Å². The number of fused-ring (bicyclic) bond motifs is 1. The van der Waals surface area contributed by atoms with E-state index in [9.17, 15) is 4.79 Å². The summed E-state index contributed by atoms with van der Waals surface area (Å²) in [6, 6.07) is 9.10. The number of aromatic nitrogens is 3. The van der Waals surface area contributed by atoms with Gasteiger partial charge in [-0.2, -0.15) is 5.10 Å². The standard InChI is InChI=1S/C15H12BrN3O3/c1-21-10-5-3-4-9(6-10)12-7-13(15(20)22-2)19-14(18-12)11(16)8-17-19/h3-8H,1-2H3. The van der Waals surface area contributed by atoms with Crippen LogP contribution in [0.25, 0.3) is 16.9 Å². The van der Waals surface area contributed by atoms with E-state index >= 15 is 0 Å². The molecule has 2 aromatic heterocycles. The Labute approximate surface area is 134 Å². The van der Waals surface area contributed by atoms with Crippen molar-refractivity contribution >= 4 is 27.5 Å². The molecule has 0 atom stereocenters. The molecule has 0 spiro atoms. The van der Waals surface area contributed by atoms with Crippen molar-refractivity contribution in [2.75, 3.05) is 14.2 Å². The van der Waals surface area contributed by atoms with Crippen LogP contribution < -0.4 is 4.74 Å². The fraction of sp³-hybridized carbons (Fsp3) is 0.133. The van der Waals surface area contributed by atoms with Gasteiger partial charge in [0, 0.05) is 5.56 Å².